The van der Waals surface area contributed by atoms with Gasteiger partial charge < -0.3 is 10.6 Å². The zero-order valence-corrected chi connectivity index (χ0v) is 18.8. The van der Waals surface area contributed by atoms with E-state index < -0.39 is 5.25 Å². The van der Waals surface area contributed by atoms with Crippen LogP contribution in [0.25, 0.3) is 0 Å². The molecule has 0 saturated carbocycles. The monoisotopic (exact) mass is 433 g/mol. The smallest absolute Gasteiger partial charge is 0.242 e. The van der Waals surface area contributed by atoms with Gasteiger partial charge in [0, 0.05) is 35.1 Å². The number of hydrogen-bond acceptors (Lipinski definition) is 4. The molecule has 0 aliphatic heterocycles. The summed E-state index contributed by atoms with van der Waals surface area (Å²) in [4.78, 5) is 30.3. The lowest BCUT2D eigenvalue weighted by Gasteiger charge is -2.19. The Morgan fingerprint density at radius 2 is 1.61 bits per heavy atom. The largest absolute Gasteiger partial charge is 0.326 e. The third-order valence-corrected chi connectivity index (χ3v) is 5.60. The molecule has 0 aliphatic carbocycles. The molecule has 0 spiro atoms. The fraction of sp³-hybridized carbons (Fsp3) is 0.240. The van der Waals surface area contributed by atoms with E-state index in [4.69, 9.17) is 0 Å². The molecule has 0 radical (unpaired) electrons. The molecule has 0 bridgehead atoms. The van der Waals surface area contributed by atoms with Gasteiger partial charge in [0.1, 0.15) is 5.25 Å². The topological polar surface area (TPSA) is 71.1 Å². The number of rotatable bonds is 7. The molecule has 3 rings (SSSR count). The van der Waals surface area contributed by atoms with Crippen molar-refractivity contribution in [2.45, 2.75) is 37.3 Å². The lowest BCUT2D eigenvalue weighted by Crippen LogP contribution is -2.20. The van der Waals surface area contributed by atoms with E-state index >= 15 is 0 Å². The van der Waals surface area contributed by atoms with Crippen molar-refractivity contribution >= 4 is 35.0 Å². The Morgan fingerprint density at radius 1 is 0.903 bits per heavy atom. The first-order valence-corrected chi connectivity index (χ1v) is 11.0. The molecule has 2 aromatic carbocycles. The first-order valence-electron chi connectivity index (χ1n) is 10.1. The summed E-state index contributed by atoms with van der Waals surface area (Å²) >= 11 is 1.44. The average Bonchev–Trinajstić information content (AvgIpc) is 2.72. The Kier molecular flexibility index (Phi) is 7.47. The number of pyridine rings is 1. The van der Waals surface area contributed by atoms with Crippen LogP contribution in [0.4, 0.5) is 11.4 Å². The maximum atomic E-state index is 13.1. The lowest BCUT2D eigenvalue weighted by atomic mass is 9.92. The van der Waals surface area contributed by atoms with E-state index in [1.807, 2.05) is 75.4 Å². The van der Waals surface area contributed by atoms with E-state index in [9.17, 15) is 9.59 Å². The van der Waals surface area contributed by atoms with Crippen LogP contribution in [0.15, 0.2) is 84.0 Å². The van der Waals surface area contributed by atoms with E-state index in [-0.39, 0.29) is 17.2 Å². The molecule has 0 aliphatic rings. The molecule has 31 heavy (non-hydrogen) atoms. The van der Waals surface area contributed by atoms with Crippen molar-refractivity contribution in [1.29, 1.82) is 0 Å². The van der Waals surface area contributed by atoms with E-state index in [0.29, 0.717) is 12.1 Å². The normalized spacial score (nSPS) is 12.1. The van der Waals surface area contributed by atoms with Crippen LogP contribution in [0, 0.1) is 5.41 Å². The first-order chi connectivity index (χ1) is 14.8. The zero-order valence-electron chi connectivity index (χ0n) is 18.0. The minimum absolute atomic E-state index is 0.0234. The quantitative estimate of drug-likeness (QED) is 0.453. The van der Waals surface area contributed by atoms with Crippen LogP contribution in [0.2, 0.25) is 0 Å². The van der Waals surface area contributed by atoms with E-state index in [2.05, 4.69) is 15.6 Å². The Bertz CT molecular complexity index is 1020. The molecule has 3 aromatic rings. The highest BCUT2D eigenvalue weighted by Crippen LogP contribution is 2.37. The highest BCUT2D eigenvalue weighted by molar-refractivity contribution is 8.00. The van der Waals surface area contributed by atoms with Gasteiger partial charge in [-0.05, 0) is 41.3 Å². The second kappa shape index (κ2) is 10.3. The van der Waals surface area contributed by atoms with Crippen molar-refractivity contribution in [1.82, 2.24) is 4.98 Å². The van der Waals surface area contributed by atoms with Crippen molar-refractivity contribution in [3.63, 3.8) is 0 Å². The van der Waals surface area contributed by atoms with Crippen molar-refractivity contribution in [3.05, 3.63) is 84.7 Å². The number of aromatic nitrogens is 1. The summed E-state index contributed by atoms with van der Waals surface area (Å²) < 4.78 is 0. The summed E-state index contributed by atoms with van der Waals surface area (Å²) in [5, 5.41) is 5.48. The van der Waals surface area contributed by atoms with Gasteiger partial charge >= 0.3 is 0 Å². The fourth-order valence-electron chi connectivity index (χ4n) is 3.01. The number of carbonyl (C=O) groups is 2. The molecule has 1 atom stereocenters. The Balaban J connectivity index is 1.78. The highest BCUT2D eigenvalue weighted by Gasteiger charge is 2.22. The third-order valence-electron chi connectivity index (χ3n) is 4.35. The Hall–Kier alpha value is -3.12. The number of nitrogens with zero attached hydrogens (tertiary/aromatic N) is 1. The number of hydrogen-bond donors (Lipinski definition) is 2. The fourth-order valence-corrected chi connectivity index (χ4v) is 4.10. The van der Waals surface area contributed by atoms with E-state index in [0.717, 1.165) is 16.1 Å². The van der Waals surface area contributed by atoms with E-state index in [1.54, 1.807) is 24.5 Å². The maximum absolute atomic E-state index is 13.1. The van der Waals surface area contributed by atoms with Gasteiger partial charge in [-0.3, -0.25) is 14.6 Å². The molecule has 160 valence electrons. The number of benzene rings is 2. The van der Waals surface area contributed by atoms with Gasteiger partial charge in [-0.15, -0.1) is 11.8 Å². The molecule has 1 heterocycles. The molecule has 2 N–H and O–H groups in total. The molecule has 1 unspecified atom stereocenters. The van der Waals surface area contributed by atoms with E-state index in [1.165, 1.54) is 11.8 Å². The number of thioether (sulfide) groups is 1. The van der Waals surface area contributed by atoms with Gasteiger partial charge in [-0.1, -0.05) is 57.2 Å². The van der Waals surface area contributed by atoms with Crippen LogP contribution in [-0.4, -0.2) is 16.8 Å². The molecule has 1 aromatic heterocycles. The van der Waals surface area contributed by atoms with Gasteiger partial charge in [-0.25, -0.2) is 0 Å². The number of amides is 2. The highest BCUT2D eigenvalue weighted by atomic mass is 32.2. The summed E-state index contributed by atoms with van der Waals surface area (Å²) in [6, 6.07) is 20.8. The summed E-state index contributed by atoms with van der Waals surface area (Å²) in [7, 11) is 0. The van der Waals surface area contributed by atoms with Gasteiger partial charge in [0.2, 0.25) is 11.8 Å². The van der Waals surface area contributed by atoms with Crippen molar-refractivity contribution in [2.75, 3.05) is 10.6 Å². The molecule has 0 saturated heterocycles. The standard InChI is InChI=1S/C25H27N3O2S/c1-25(2,3)17-22(29)27-20-10-7-11-21(16-20)31-23(18-8-5-4-6-9-18)24(30)28-19-12-14-26-15-13-19/h4-16,23H,17H2,1-3H3,(H,27,29)(H,26,28,30). The lowest BCUT2D eigenvalue weighted by molar-refractivity contribution is -0.118. The predicted octanol–water partition coefficient (Wildman–Crippen LogP) is 5.93. The second-order valence-electron chi connectivity index (χ2n) is 8.45. The van der Waals surface area contributed by atoms with Gasteiger partial charge in [0.05, 0.1) is 0 Å². The Morgan fingerprint density at radius 3 is 2.29 bits per heavy atom. The predicted molar refractivity (Wildman–Crippen MR) is 127 cm³/mol. The van der Waals surface area contributed by atoms with Gasteiger partial charge in [0.25, 0.3) is 0 Å². The van der Waals surface area contributed by atoms with Crippen LogP contribution in [-0.2, 0) is 9.59 Å². The van der Waals surface area contributed by atoms with Crippen molar-refractivity contribution in [3.8, 4) is 0 Å². The molecule has 6 heteroatoms. The van der Waals surface area contributed by atoms with Crippen molar-refractivity contribution < 1.29 is 9.59 Å². The summed E-state index contributed by atoms with van der Waals surface area (Å²) in [5.41, 5.74) is 2.24. The molecular formula is C25H27N3O2S. The van der Waals surface area contributed by atoms with Gasteiger partial charge in [0.15, 0.2) is 0 Å². The van der Waals surface area contributed by atoms with Crippen LogP contribution in [0.1, 0.15) is 38.0 Å². The maximum Gasteiger partial charge on any atom is 0.242 e. The molecular weight excluding hydrogens is 406 g/mol. The molecule has 2 amide bonds. The molecule has 0 fully saturated rings. The van der Waals surface area contributed by atoms with Gasteiger partial charge in [-0.2, -0.15) is 0 Å². The Labute approximate surface area is 187 Å². The number of anilines is 2. The van der Waals surface area contributed by atoms with Crippen LogP contribution >= 0.6 is 11.8 Å². The van der Waals surface area contributed by atoms with Crippen molar-refractivity contribution in [2.24, 2.45) is 5.41 Å². The second-order valence-corrected chi connectivity index (χ2v) is 9.63. The summed E-state index contributed by atoms with van der Waals surface area (Å²) in [6.07, 6.45) is 3.72. The van der Waals surface area contributed by atoms with Crippen LogP contribution in [0.5, 0.6) is 0 Å². The molecule has 5 nitrogen and oxygen atoms in total. The minimum atomic E-state index is -0.449. The van der Waals surface area contributed by atoms with Crippen LogP contribution in [0.3, 0.4) is 0 Å². The summed E-state index contributed by atoms with van der Waals surface area (Å²) in [5.74, 6) is -0.144. The number of nitrogens with one attached hydrogen (secondary N) is 2. The zero-order chi connectivity index (χ0) is 22.3. The average molecular weight is 434 g/mol. The third kappa shape index (κ3) is 7.26. The number of carbonyl (C=O) groups excluding carboxylic acids is 2. The van der Waals surface area contributed by atoms with Crippen LogP contribution < -0.4 is 10.6 Å². The SMILES string of the molecule is CC(C)(C)CC(=O)Nc1cccc(SC(C(=O)Nc2ccncc2)c2ccccc2)c1. The summed E-state index contributed by atoms with van der Waals surface area (Å²) in [6.45, 7) is 6.10. The minimum Gasteiger partial charge on any atom is -0.326 e. The first kappa shape index (κ1) is 22.6.